The molecular weight excluding hydrogens is 322 g/mol. The maximum Gasteiger partial charge on any atom is 0.262 e. The van der Waals surface area contributed by atoms with Crippen molar-refractivity contribution < 1.29 is 17.9 Å². The summed E-state index contributed by atoms with van der Waals surface area (Å²) in [6.45, 7) is 2.03. The van der Waals surface area contributed by atoms with Crippen molar-refractivity contribution in [1.82, 2.24) is 0 Å². The van der Waals surface area contributed by atoms with Crippen molar-refractivity contribution in [2.75, 3.05) is 11.3 Å². The summed E-state index contributed by atoms with van der Waals surface area (Å²) in [6.07, 6.45) is 1.56. The van der Waals surface area contributed by atoms with Gasteiger partial charge in [-0.05, 0) is 31.9 Å². The van der Waals surface area contributed by atoms with E-state index in [1.807, 2.05) is 0 Å². The highest BCUT2D eigenvalue weighted by molar-refractivity contribution is 7.93. The maximum absolute atomic E-state index is 12.4. The Morgan fingerprint density at radius 2 is 2.00 bits per heavy atom. The van der Waals surface area contributed by atoms with Gasteiger partial charge in [0.05, 0.1) is 17.1 Å². The molecule has 0 fully saturated rings. The number of hydrogen-bond acceptors (Lipinski definition) is 5. The van der Waals surface area contributed by atoms with Crippen molar-refractivity contribution in [3.05, 3.63) is 41.5 Å². The van der Waals surface area contributed by atoms with Gasteiger partial charge in [-0.3, -0.25) is 9.52 Å². The summed E-state index contributed by atoms with van der Waals surface area (Å²) in [6, 6.07) is 8.09. The minimum Gasteiger partial charge on any atom is -0.484 e. The zero-order valence-electron chi connectivity index (χ0n) is 12.0. The predicted molar refractivity (Wildman–Crippen MR) is 85.4 cm³/mol. The van der Waals surface area contributed by atoms with Crippen LogP contribution in [-0.4, -0.2) is 20.8 Å². The molecule has 0 spiro atoms. The third-order valence-electron chi connectivity index (χ3n) is 3.41. The quantitative estimate of drug-likeness (QED) is 0.870. The molecule has 1 aromatic heterocycles. The number of carbonyl (C=O) groups excluding carboxylic acids is 1. The van der Waals surface area contributed by atoms with Crippen LogP contribution in [0.2, 0.25) is 0 Å². The lowest BCUT2D eigenvalue weighted by Crippen LogP contribution is -2.14. The number of benzene rings is 1. The molecule has 1 aromatic carbocycles. The number of anilines is 1. The lowest BCUT2D eigenvalue weighted by molar-refractivity contribution is 0.101. The van der Waals surface area contributed by atoms with Crippen molar-refractivity contribution in [3.8, 4) is 5.06 Å². The Bertz CT molecular complexity index is 810. The third-order valence-corrected chi connectivity index (χ3v) is 5.96. The van der Waals surface area contributed by atoms with Gasteiger partial charge in [0.2, 0.25) is 0 Å². The first-order valence-corrected chi connectivity index (χ1v) is 9.16. The standard InChI is InChI=1S/C15H15NO4S2/c1-10(17)13-12-8-5-9-20-15(12)21-14(13)16-22(18,19)11-6-3-2-4-7-11/h2-4,6-7,16H,5,8-9H2,1H3. The van der Waals surface area contributed by atoms with Crippen LogP contribution in [-0.2, 0) is 16.4 Å². The van der Waals surface area contributed by atoms with Crippen molar-refractivity contribution in [3.63, 3.8) is 0 Å². The lowest BCUT2D eigenvalue weighted by atomic mass is 10.0. The van der Waals surface area contributed by atoms with E-state index in [-0.39, 0.29) is 10.7 Å². The molecule has 1 aliphatic rings. The normalized spacial score (nSPS) is 14.0. The molecule has 0 amide bonds. The van der Waals surface area contributed by atoms with Crippen molar-refractivity contribution in [1.29, 1.82) is 0 Å². The Hall–Kier alpha value is -1.86. The molecule has 1 N–H and O–H groups in total. The molecule has 0 bridgehead atoms. The fourth-order valence-electron chi connectivity index (χ4n) is 2.43. The van der Waals surface area contributed by atoms with Gasteiger partial charge in [-0.1, -0.05) is 29.5 Å². The summed E-state index contributed by atoms with van der Waals surface area (Å²) >= 11 is 1.18. The van der Waals surface area contributed by atoms with E-state index in [1.165, 1.54) is 30.4 Å². The summed E-state index contributed by atoms with van der Waals surface area (Å²) in [5.74, 6) is -0.159. The zero-order valence-corrected chi connectivity index (χ0v) is 13.6. The molecule has 5 nitrogen and oxygen atoms in total. The Kier molecular flexibility index (Phi) is 3.92. The molecule has 116 valence electrons. The van der Waals surface area contributed by atoms with Crippen LogP contribution in [0.15, 0.2) is 35.2 Å². The molecule has 0 unspecified atom stereocenters. The highest BCUT2D eigenvalue weighted by atomic mass is 32.2. The van der Waals surface area contributed by atoms with Crippen LogP contribution in [0.25, 0.3) is 0 Å². The smallest absolute Gasteiger partial charge is 0.262 e. The van der Waals surface area contributed by atoms with E-state index >= 15 is 0 Å². The Morgan fingerprint density at radius 3 is 2.68 bits per heavy atom. The number of sulfonamides is 1. The van der Waals surface area contributed by atoms with Gasteiger partial charge in [0.15, 0.2) is 10.8 Å². The highest BCUT2D eigenvalue weighted by Crippen LogP contribution is 2.43. The third kappa shape index (κ3) is 2.74. The molecule has 22 heavy (non-hydrogen) atoms. The van der Waals surface area contributed by atoms with Crippen LogP contribution < -0.4 is 9.46 Å². The first-order valence-electron chi connectivity index (χ1n) is 6.86. The summed E-state index contributed by atoms with van der Waals surface area (Å²) in [5, 5.41) is 0.977. The van der Waals surface area contributed by atoms with Gasteiger partial charge < -0.3 is 4.74 Å². The topological polar surface area (TPSA) is 72.5 Å². The van der Waals surface area contributed by atoms with Crippen LogP contribution in [0, 0.1) is 0 Å². The molecule has 0 saturated heterocycles. The minimum absolute atomic E-state index is 0.159. The highest BCUT2D eigenvalue weighted by Gasteiger charge is 2.27. The average molecular weight is 337 g/mol. The molecule has 0 saturated carbocycles. The number of rotatable bonds is 4. The molecule has 0 aliphatic carbocycles. The van der Waals surface area contributed by atoms with Crippen molar-refractivity contribution in [2.45, 2.75) is 24.7 Å². The maximum atomic E-state index is 12.4. The number of hydrogen-bond donors (Lipinski definition) is 1. The van der Waals surface area contributed by atoms with E-state index in [1.54, 1.807) is 18.2 Å². The molecule has 0 radical (unpaired) electrons. The van der Waals surface area contributed by atoms with Gasteiger partial charge >= 0.3 is 0 Å². The number of fused-ring (bicyclic) bond motifs is 1. The average Bonchev–Trinajstić information content (AvgIpc) is 2.85. The molecule has 7 heteroatoms. The Morgan fingerprint density at radius 1 is 1.27 bits per heavy atom. The van der Waals surface area contributed by atoms with E-state index in [9.17, 15) is 13.2 Å². The molecule has 0 atom stereocenters. The van der Waals surface area contributed by atoms with E-state index in [0.29, 0.717) is 22.2 Å². The Labute approximate surface area is 133 Å². The van der Waals surface area contributed by atoms with E-state index in [0.717, 1.165) is 18.4 Å². The van der Waals surface area contributed by atoms with Crippen molar-refractivity contribution >= 4 is 32.1 Å². The first-order chi connectivity index (χ1) is 10.5. The minimum atomic E-state index is -3.72. The molecule has 2 aromatic rings. The second kappa shape index (κ2) is 5.73. The molecule has 3 rings (SSSR count). The van der Waals surface area contributed by atoms with Gasteiger partial charge in [-0.2, -0.15) is 0 Å². The second-order valence-corrected chi connectivity index (χ2v) is 7.66. The van der Waals surface area contributed by atoms with Gasteiger partial charge in [0.25, 0.3) is 10.0 Å². The fourth-order valence-corrected chi connectivity index (χ4v) is 4.93. The van der Waals surface area contributed by atoms with E-state index in [4.69, 9.17) is 4.74 Å². The molecular formula is C15H15NO4S2. The van der Waals surface area contributed by atoms with Crippen LogP contribution in [0.3, 0.4) is 0 Å². The van der Waals surface area contributed by atoms with Gasteiger partial charge in [0.1, 0.15) is 5.00 Å². The van der Waals surface area contributed by atoms with Gasteiger partial charge in [-0.25, -0.2) is 8.42 Å². The summed E-state index contributed by atoms with van der Waals surface area (Å²) < 4.78 is 32.9. The number of ether oxygens (including phenoxy) is 1. The van der Waals surface area contributed by atoms with Crippen molar-refractivity contribution in [2.24, 2.45) is 0 Å². The predicted octanol–water partition coefficient (Wildman–Crippen LogP) is 3.08. The summed E-state index contributed by atoms with van der Waals surface area (Å²) in [4.78, 5) is 12.1. The van der Waals surface area contributed by atoms with E-state index < -0.39 is 10.0 Å². The lowest BCUT2D eigenvalue weighted by Gasteiger charge is -2.13. The number of Topliss-reactive ketones (excluding diaryl/α,β-unsaturated/α-hetero) is 1. The van der Waals surface area contributed by atoms with Crippen LogP contribution in [0.1, 0.15) is 29.3 Å². The molecule has 2 heterocycles. The first kappa shape index (κ1) is 15.1. The number of thiophene rings is 1. The number of nitrogens with one attached hydrogen (secondary N) is 1. The monoisotopic (exact) mass is 337 g/mol. The number of carbonyl (C=O) groups is 1. The van der Waals surface area contributed by atoms with Crippen LogP contribution in [0.5, 0.6) is 5.06 Å². The molecule has 1 aliphatic heterocycles. The summed E-state index contributed by atoms with van der Waals surface area (Å²) in [5.41, 5.74) is 1.24. The van der Waals surface area contributed by atoms with E-state index in [2.05, 4.69) is 4.72 Å². The largest absolute Gasteiger partial charge is 0.484 e. The SMILES string of the molecule is CC(=O)c1c(NS(=O)(=O)c2ccccc2)sc2c1CCCO2. The zero-order chi connectivity index (χ0) is 15.7. The Balaban J connectivity index is 2.02. The van der Waals surface area contributed by atoms with Crippen LogP contribution in [0.4, 0.5) is 5.00 Å². The van der Waals surface area contributed by atoms with Gasteiger partial charge in [0, 0.05) is 5.56 Å². The van der Waals surface area contributed by atoms with Crippen LogP contribution >= 0.6 is 11.3 Å². The number of ketones is 1. The fraction of sp³-hybridized carbons (Fsp3) is 0.267. The van der Waals surface area contributed by atoms with Gasteiger partial charge in [-0.15, -0.1) is 0 Å². The second-order valence-electron chi connectivity index (χ2n) is 5.00. The summed E-state index contributed by atoms with van der Waals surface area (Å²) in [7, 11) is -3.72.